The lowest BCUT2D eigenvalue weighted by Crippen LogP contribution is -2.04. The second-order valence-corrected chi connectivity index (χ2v) is 7.40. The van der Waals surface area contributed by atoms with Gasteiger partial charge >= 0.3 is 0 Å². The lowest BCUT2D eigenvalue weighted by Gasteiger charge is -2.15. The number of aliphatic hydroxyl groups excluding tert-OH is 1. The van der Waals surface area contributed by atoms with Crippen LogP contribution in [0.4, 0.5) is 0 Å². The Balaban J connectivity index is 3.00. The van der Waals surface area contributed by atoms with Crippen LogP contribution in [0.25, 0.3) is 0 Å². The largest absolute Gasteiger partial charge is 0.396 e. The van der Waals surface area contributed by atoms with Gasteiger partial charge in [0.1, 0.15) is 0 Å². The molecule has 0 atom stereocenters. The van der Waals surface area contributed by atoms with Crippen LogP contribution in [0.1, 0.15) is 46.5 Å². The molecule has 0 aromatic heterocycles. The first-order chi connectivity index (χ1) is 6.06. The summed E-state index contributed by atoms with van der Waals surface area (Å²) in [5, 5.41) is 8.57. The third-order valence-corrected chi connectivity index (χ3v) is 4.87. The molecule has 0 radical (unpaired) electrons. The molecule has 0 aliphatic carbocycles. The van der Waals surface area contributed by atoms with Crippen LogP contribution in [0.15, 0.2) is 0 Å². The summed E-state index contributed by atoms with van der Waals surface area (Å²) in [7, 11) is 3.94. The molecule has 0 fully saturated rings. The fourth-order valence-electron chi connectivity index (χ4n) is 0.845. The quantitative estimate of drug-likeness (QED) is 0.524. The maximum absolute atomic E-state index is 8.57. The molecule has 13 heavy (non-hydrogen) atoms. The van der Waals surface area contributed by atoms with Crippen molar-refractivity contribution in [3.63, 3.8) is 0 Å². The molecule has 0 saturated heterocycles. The Hall–Kier alpha value is 0.660. The molecule has 0 heterocycles. The SMILES string of the molecule is CC(C)(C)SSCCCCCCO. The van der Waals surface area contributed by atoms with Crippen LogP contribution < -0.4 is 0 Å². The van der Waals surface area contributed by atoms with Gasteiger partial charge in [-0.05, 0) is 12.8 Å². The van der Waals surface area contributed by atoms with E-state index in [0.717, 1.165) is 6.42 Å². The van der Waals surface area contributed by atoms with E-state index in [0.29, 0.717) is 11.4 Å². The maximum atomic E-state index is 8.57. The van der Waals surface area contributed by atoms with Gasteiger partial charge in [0.2, 0.25) is 0 Å². The summed E-state index contributed by atoms with van der Waals surface area (Å²) in [6, 6.07) is 0. The van der Waals surface area contributed by atoms with Gasteiger partial charge < -0.3 is 5.11 Å². The molecule has 0 aliphatic rings. The number of aliphatic hydroxyl groups is 1. The highest BCUT2D eigenvalue weighted by molar-refractivity contribution is 8.77. The normalized spacial score (nSPS) is 12.0. The van der Waals surface area contributed by atoms with E-state index < -0.39 is 0 Å². The number of unbranched alkanes of at least 4 members (excludes halogenated alkanes) is 3. The third-order valence-electron chi connectivity index (χ3n) is 1.44. The predicted octanol–water partition coefficient (Wildman–Crippen LogP) is 3.72. The van der Waals surface area contributed by atoms with Gasteiger partial charge in [0.15, 0.2) is 0 Å². The van der Waals surface area contributed by atoms with Gasteiger partial charge in [0, 0.05) is 17.1 Å². The topological polar surface area (TPSA) is 20.2 Å². The predicted molar refractivity (Wildman–Crippen MR) is 65.4 cm³/mol. The summed E-state index contributed by atoms with van der Waals surface area (Å²) in [4.78, 5) is 0. The molecule has 0 aliphatic heterocycles. The number of hydrogen-bond acceptors (Lipinski definition) is 3. The molecule has 0 saturated carbocycles. The van der Waals surface area contributed by atoms with Crippen LogP contribution in [-0.2, 0) is 0 Å². The molecule has 1 nitrogen and oxygen atoms in total. The van der Waals surface area contributed by atoms with E-state index in [1.807, 2.05) is 21.6 Å². The second-order valence-electron chi connectivity index (χ2n) is 4.16. The minimum atomic E-state index is 0.351. The van der Waals surface area contributed by atoms with Crippen molar-refractivity contribution < 1.29 is 5.11 Å². The molecule has 0 unspecified atom stereocenters. The van der Waals surface area contributed by atoms with Crippen molar-refractivity contribution in [3.8, 4) is 0 Å². The summed E-state index contributed by atoms with van der Waals surface area (Å²) in [6.45, 7) is 7.09. The van der Waals surface area contributed by atoms with Gasteiger partial charge in [-0.3, -0.25) is 0 Å². The van der Waals surface area contributed by atoms with Crippen LogP contribution >= 0.6 is 21.6 Å². The fourth-order valence-corrected chi connectivity index (χ4v) is 3.27. The van der Waals surface area contributed by atoms with Crippen molar-refractivity contribution in [2.24, 2.45) is 0 Å². The van der Waals surface area contributed by atoms with Gasteiger partial charge in [-0.2, -0.15) is 0 Å². The average molecular weight is 222 g/mol. The first-order valence-electron chi connectivity index (χ1n) is 4.98. The summed E-state index contributed by atoms with van der Waals surface area (Å²) in [6.07, 6.45) is 4.69. The third kappa shape index (κ3) is 12.7. The Morgan fingerprint density at radius 2 is 1.62 bits per heavy atom. The Morgan fingerprint density at radius 3 is 2.15 bits per heavy atom. The number of rotatable bonds is 7. The van der Waals surface area contributed by atoms with Gasteiger partial charge in [-0.15, -0.1) is 0 Å². The van der Waals surface area contributed by atoms with Crippen molar-refractivity contribution in [1.82, 2.24) is 0 Å². The van der Waals surface area contributed by atoms with Gasteiger partial charge in [0.25, 0.3) is 0 Å². The number of hydrogen-bond donors (Lipinski definition) is 1. The van der Waals surface area contributed by atoms with Crippen LogP contribution in [0.2, 0.25) is 0 Å². The zero-order chi connectivity index (χ0) is 10.2. The van der Waals surface area contributed by atoms with Crippen LogP contribution in [0, 0.1) is 0 Å². The van der Waals surface area contributed by atoms with E-state index in [4.69, 9.17) is 5.11 Å². The summed E-state index contributed by atoms with van der Waals surface area (Å²) in [5.74, 6) is 1.24. The molecule has 0 rings (SSSR count). The van der Waals surface area contributed by atoms with Gasteiger partial charge in [0.05, 0.1) is 0 Å². The smallest absolute Gasteiger partial charge is 0.0431 e. The molecule has 0 amide bonds. The highest BCUT2D eigenvalue weighted by Crippen LogP contribution is 2.35. The van der Waals surface area contributed by atoms with E-state index in [9.17, 15) is 0 Å². The molecule has 0 aromatic carbocycles. The summed E-state index contributed by atoms with van der Waals surface area (Å²) >= 11 is 0. The van der Waals surface area contributed by atoms with E-state index in [2.05, 4.69) is 20.8 Å². The van der Waals surface area contributed by atoms with Crippen molar-refractivity contribution in [1.29, 1.82) is 0 Å². The standard InChI is InChI=1S/C10H22OS2/c1-10(2,3)13-12-9-7-5-4-6-8-11/h11H,4-9H2,1-3H3. The van der Waals surface area contributed by atoms with Crippen LogP contribution in [0.5, 0.6) is 0 Å². The van der Waals surface area contributed by atoms with E-state index in [1.165, 1.54) is 25.0 Å². The highest BCUT2D eigenvalue weighted by atomic mass is 33.1. The highest BCUT2D eigenvalue weighted by Gasteiger charge is 2.09. The zero-order valence-electron chi connectivity index (χ0n) is 9.01. The average Bonchev–Trinajstić information content (AvgIpc) is 2.01. The first-order valence-corrected chi connectivity index (χ1v) is 7.29. The monoisotopic (exact) mass is 222 g/mol. The molecule has 3 heteroatoms. The molecule has 0 aromatic rings. The molecule has 1 N–H and O–H groups in total. The Labute approximate surface area is 90.5 Å². The molecule has 80 valence electrons. The van der Waals surface area contributed by atoms with Crippen LogP contribution in [-0.4, -0.2) is 22.2 Å². The van der Waals surface area contributed by atoms with Crippen molar-refractivity contribution in [2.75, 3.05) is 12.4 Å². The molecule has 0 spiro atoms. The summed E-state index contributed by atoms with van der Waals surface area (Å²) < 4.78 is 0.385. The van der Waals surface area contributed by atoms with Crippen LogP contribution in [0.3, 0.4) is 0 Å². The van der Waals surface area contributed by atoms with E-state index in [1.54, 1.807) is 0 Å². The van der Waals surface area contributed by atoms with Crippen molar-refractivity contribution >= 4 is 21.6 Å². The zero-order valence-corrected chi connectivity index (χ0v) is 10.6. The second kappa shape index (κ2) is 8.01. The maximum Gasteiger partial charge on any atom is 0.0431 e. The van der Waals surface area contributed by atoms with Gasteiger partial charge in [-0.25, -0.2) is 0 Å². The summed E-state index contributed by atoms with van der Waals surface area (Å²) in [5.41, 5.74) is 0. The van der Waals surface area contributed by atoms with Crippen molar-refractivity contribution in [2.45, 2.75) is 51.2 Å². The fraction of sp³-hybridized carbons (Fsp3) is 1.00. The minimum absolute atomic E-state index is 0.351. The molecular formula is C10H22OS2. The van der Waals surface area contributed by atoms with E-state index >= 15 is 0 Å². The Kier molecular flexibility index (Phi) is 8.42. The van der Waals surface area contributed by atoms with Crippen molar-refractivity contribution in [3.05, 3.63) is 0 Å². The minimum Gasteiger partial charge on any atom is -0.396 e. The Morgan fingerprint density at radius 1 is 1.00 bits per heavy atom. The first kappa shape index (κ1) is 13.7. The lowest BCUT2D eigenvalue weighted by molar-refractivity contribution is 0.283. The molecule has 0 bridgehead atoms. The van der Waals surface area contributed by atoms with E-state index in [-0.39, 0.29) is 0 Å². The molecular weight excluding hydrogens is 200 g/mol. The van der Waals surface area contributed by atoms with Gasteiger partial charge in [-0.1, -0.05) is 55.2 Å². The Bertz CT molecular complexity index is 110. The lowest BCUT2D eigenvalue weighted by atomic mass is 10.2.